The van der Waals surface area contributed by atoms with Gasteiger partial charge in [-0.25, -0.2) is 4.85 Å². The zero-order valence-corrected chi connectivity index (χ0v) is 10.2. The van der Waals surface area contributed by atoms with Crippen molar-refractivity contribution < 1.29 is 5.11 Å². The average Bonchev–Trinajstić information content (AvgIpc) is 3.17. The Labute approximate surface area is 111 Å². The number of nitrogens with zero attached hydrogens (tertiary/aromatic N) is 2. The van der Waals surface area contributed by atoms with Crippen LogP contribution in [0, 0.1) is 6.57 Å². The molecule has 2 atom stereocenters. The fourth-order valence-corrected chi connectivity index (χ4v) is 2.18. The quantitative estimate of drug-likeness (QED) is 0.807. The first-order chi connectivity index (χ1) is 9.19. The molecule has 1 aliphatic carbocycles. The highest BCUT2D eigenvalue weighted by Gasteiger charge is 2.34. The molecule has 1 aliphatic rings. The standard InChI is InChI=1S/C15H13N3O/c1-17-10-3-5-15(19)12(6-10)14-4-2-9(8-18-14)11-7-13(11)16/h2-6,8,11,13,19H,7,16H2/t11-,13+/m1/s1. The number of phenolic OH excluding ortho intramolecular Hbond substituents is 1. The summed E-state index contributed by atoms with van der Waals surface area (Å²) in [5, 5.41) is 9.85. The van der Waals surface area contributed by atoms with Gasteiger partial charge >= 0.3 is 0 Å². The Morgan fingerprint density at radius 2 is 2.11 bits per heavy atom. The number of rotatable bonds is 2. The summed E-state index contributed by atoms with van der Waals surface area (Å²) >= 11 is 0. The number of nitrogens with two attached hydrogens (primary N) is 1. The number of hydrogen-bond acceptors (Lipinski definition) is 3. The van der Waals surface area contributed by atoms with Gasteiger partial charge in [-0.3, -0.25) is 4.98 Å². The van der Waals surface area contributed by atoms with Gasteiger partial charge in [0.2, 0.25) is 0 Å². The van der Waals surface area contributed by atoms with Crippen LogP contribution in [0.5, 0.6) is 5.75 Å². The normalized spacial score (nSPS) is 20.8. The Balaban J connectivity index is 1.96. The van der Waals surface area contributed by atoms with Crippen molar-refractivity contribution in [1.82, 2.24) is 4.98 Å². The van der Waals surface area contributed by atoms with Crippen LogP contribution < -0.4 is 5.73 Å². The fraction of sp³-hybridized carbons (Fsp3) is 0.200. The highest BCUT2D eigenvalue weighted by atomic mass is 16.3. The summed E-state index contributed by atoms with van der Waals surface area (Å²) in [5.41, 5.74) is 8.68. The van der Waals surface area contributed by atoms with E-state index in [0.29, 0.717) is 22.9 Å². The summed E-state index contributed by atoms with van der Waals surface area (Å²) in [6.07, 6.45) is 2.82. The largest absolute Gasteiger partial charge is 0.507 e. The summed E-state index contributed by atoms with van der Waals surface area (Å²) in [5.74, 6) is 0.556. The second-order valence-electron chi connectivity index (χ2n) is 4.80. The number of phenols is 1. The molecule has 1 fully saturated rings. The lowest BCUT2D eigenvalue weighted by molar-refractivity contribution is 0.477. The van der Waals surface area contributed by atoms with Crippen molar-refractivity contribution in [3.8, 4) is 17.0 Å². The highest BCUT2D eigenvalue weighted by molar-refractivity contribution is 5.71. The van der Waals surface area contributed by atoms with Gasteiger partial charge in [0, 0.05) is 23.7 Å². The molecule has 4 heteroatoms. The van der Waals surface area contributed by atoms with Gasteiger partial charge < -0.3 is 10.8 Å². The Bertz CT molecular complexity index is 658. The van der Waals surface area contributed by atoms with E-state index in [0.717, 1.165) is 12.0 Å². The van der Waals surface area contributed by atoms with Crippen LogP contribution in [-0.4, -0.2) is 16.1 Å². The third kappa shape index (κ3) is 2.16. The summed E-state index contributed by atoms with van der Waals surface area (Å²) < 4.78 is 0. The Hall–Kier alpha value is -2.38. The van der Waals surface area contributed by atoms with Gasteiger partial charge in [-0.15, -0.1) is 0 Å². The molecular formula is C15H13N3O. The molecule has 0 aliphatic heterocycles. The molecule has 1 saturated carbocycles. The molecule has 3 rings (SSSR count). The lowest BCUT2D eigenvalue weighted by atomic mass is 10.1. The molecular weight excluding hydrogens is 238 g/mol. The Morgan fingerprint density at radius 1 is 1.32 bits per heavy atom. The van der Waals surface area contributed by atoms with Crippen molar-refractivity contribution in [2.75, 3.05) is 0 Å². The molecule has 0 amide bonds. The molecule has 0 bridgehead atoms. The van der Waals surface area contributed by atoms with Gasteiger partial charge in [0.15, 0.2) is 5.69 Å². The van der Waals surface area contributed by atoms with E-state index in [9.17, 15) is 5.11 Å². The molecule has 0 unspecified atom stereocenters. The zero-order valence-electron chi connectivity index (χ0n) is 10.2. The number of hydrogen-bond donors (Lipinski definition) is 2. The van der Waals surface area contributed by atoms with E-state index < -0.39 is 0 Å². The lowest BCUT2D eigenvalue weighted by Gasteiger charge is -2.06. The second-order valence-corrected chi connectivity index (χ2v) is 4.80. The van der Waals surface area contributed by atoms with E-state index >= 15 is 0 Å². The van der Waals surface area contributed by atoms with E-state index in [1.807, 2.05) is 12.1 Å². The fourth-order valence-electron chi connectivity index (χ4n) is 2.18. The number of aromatic hydroxyl groups is 1. The number of aromatic nitrogens is 1. The molecule has 0 radical (unpaired) electrons. The molecule has 0 spiro atoms. The number of benzene rings is 1. The third-order valence-electron chi connectivity index (χ3n) is 3.44. The highest BCUT2D eigenvalue weighted by Crippen LogP contribution is 2.39. The molecule has 3 N–H and O–H groups in total. The van der Waals surface area contributed by atoms with Crippen molar-refractivity contribution >= 4 is 5.69 Å². The van der Waals surface area contributed by atoms with E-state index in [1.165, 1.54) is 6.07 Å². The Kier molecular flexibility index (Phi) is 2.69. The molecule has 19 heavy (non-hydrogen) atoms. The van der Waals surface area contributed by atoms with Crippen LogP contribution in [0.4, 0.5) is 5.69 Å². The first-order valence-corrected chi connectivity index (χ1v) is 6.11. The monoisotopic (exact) mass is 251 g/mol. The van der Waals surface area contributed by atoms with Gasteiger partial charge in [-0.1, -0.05) is 12.1 Å². The van der Waals surface area contributed by atoms with Gasteiger partial charge in [0.1, 0.15) is 5.75 Å². The summed E-state index contributed by atoms with van der Waals surface area (Å²) in [6.45, 7) is 7.00. The van der Waals surface area contributed by atoms with Crippen LogP contribution in [0.15, 0.2) is 36.5 Å². The number of pyridine rings is 1. The van der Waals surface area contributed by atoms with Crippen molar-refractivity contribution in [3.63, 3.8) is 0 Å². The molecule has 94 valence electrons. The molecule has 1 heterocycles. The molecule has 4 nitrogen and oxygen atoms in total. The van der Waals surface area contributed by atoms with E-state index in [-0.39, 0.29) is 11.8 Å². The first-order valence-electron chi connectivity index (χ1n) is 6.11. The second kappa shape index (κ2) is 4.38. The van der Waals surface area contributed by atoms with Crippen molar-refractivity contribution in [3.05, 3.63) is 53.5 Å². The SMILES string of the molecule is [C-]#[N+]c1ccc(O)c(-c2ccc([C@H]3C[C@@H]3N)cn2)c1. The van der Waals surface area contributed by atoms with Crippen molar-refractivity contribution in [2.45, 2.75) is 18.4 Å². The smallest absolute Gasteiger partial charge is 0.188 e. The third-order valence-corrected chi connectivity index (χ3v) is 3.44. The molecule has 0 saturated heterocycles. The first kappa shape index (κ1) is 11.7. The van der Waals surface area contributed by atoms with Crippen LogP contribution in [0.2, 0.25) is 0 Å². The van der Waals surface area contributed by atoms with Crippen LogP contribution >= 0.6 is 0 Å². The molecule has 1 aromatic carbocycles. The zero-order chi connectivity index (χ0) is 13.4. The van der Waals surface area contributed by atoms with Crippen molar-refractivity contribution in [2.24, 2.45) is 5.73 Å². The minimum Gasteiger partial charge on any atom is -0.507 e. The summed E-state index contributed by atoms with van der Waals surface area (Å²) in [6, 6.07) is 8.87. The van der Waals surface area contributed by atoms with Gasteiger partial charge in [0.25, 0.3) is 0 Å². The van der Waals surface area contributed by atoms with Crippen LogP contribution in [0.3, 0.4) is 0 Å². The minimum atomic E-state index is 0.135. The van der Waals surface area contributed by atoms with Crippen LogP contribution in [0.1, 0.15) is 17.9 Å². The van der Waals surface area contributed by atoms with Crippen LogP contribution in [0.25, 0.3) is 16.1 Å². The van der Waals surface area contributed by atoms with E-state index in [1.54, 1.807) is 18.3 Å². The molecule has 2 aromatic rings. The maximum absolute atomic E-state index is 9.85. The maximum Gasteiger partial charge on any atom is 0.188 e. The summed E-state index contributed by atoms with van der Waals surface area (Å²) in [7, 11) is 0. The van der Waals surface area contributed by atoms with Gasteiger partial charge in [-0.05, 0) is 30.2 Å². The average molecular weight is 251 g/mol. The molecule has 1 aromatic heterocycles. The van der Waals surface area contributed by atoms with E-state index in [2.05, 4.69) is 9.83 Å². The predicted octanol–water partition coefficient (Wildman–Crippen LogP) is 2.82. The van der Waals surface area contributed by atoms with Gasteiger partial charge in [0.05, 0.1) is 12.3 Å². The Morgan fingerprint density at radius 3 is 2.68 bits per heavy atom. The maximum atomic E-state index is 9.85. The van der Waals surface area contributed by atoms with Crippen LogP contribution in [-0.2, 0) is 0 Å². The van der Waals surface area contributed by atoms with Crippen molar-refractivity contribution in [1.29, 1.82) is 0 Å². The predicted molar refractivity (Wildman–Crippen MR) is 72.9 cm³/mol. The summed E-state index contributed by atoms with van der Waals surface area (Å²) in [4.78, 5) is 7.72. The minimum absolute atomic E-state index is 0.135. The lowest BCUT2D eigenvalue weighted by Crippen LogP contribution is -2.01. The van der Waals surface area contributed by atoms with Gasteiger partial charge in [-0.2, -0.15) is 0 Å². The topological polar surface area (TPSA) is 63.5 Å². The van der Waals surface area contributed by atoms with E-state index in [4.69, 9.17) is 12.3 Å².